The molecule has 0 bridgehead atoms. The first-order chi connectivity index (χ1) is 12.0. The molecule has 0 fully saturated rings. The van der Waals surface area contributed by atoms with Crippen LogP contribution in [0, 0.1) is 0 Å². The summed E-state index contributed by atoms with van der Waals surface area (Å²) in [4.78, 5) is 23.6. The van der Waals surface area contributed by atoms with Crippen LogP contribution in [0.3, 0.4) is 0 Å². The maximum atomic E-state index is 11.8. The Balaban J connectivity index is 1.84. The van der Waals surface area contributed by atoms with E-state index < -0.39 is 5.91 Å². The van der Waals surface area contributed by atoms with E-state index >= 15 is 0 Å². The van der Waals surface area contributed by atoms with Gasteiger partial charge < -0.3 is 20.5 Å². The second-order valence-corrected chi connectivity index (χ2v) is 5.96. The van der Waals surface area contributed by atoms with Crippen LogP contribution < -0.4 is 15.4 Å². The van der Waals surface area contributed by atoms with Crippen LogP contribution >= 0.6 is 15.9 Å². The Labute approximate surface area is 153 Å². The highest BCUT2D eigenvalue weighted by molar-refractivity contribution is 9.10. The van der Waals surface area contributed by atoms with Crippen LogP contribution in [0.2, 0.25) is 0 Å². The van der Waals surface area contributed by atoms with E-state index in [4.69, 9.17) is 4.74 Å². The molecule has 6 nitrogen and oxygen atoms in total. The molecule has 0 atom stereocenters. The average molecular weight is 405 g/mol. The molecule has 2 rings (SSSR count). The number of ether oxygens (including phenoxy) is 1. The number of rotatable bonds is 6. The summed E-state index contributed by atoms with van der Waals surface area (Å²) in [6.07, 6.45) is 2.86. The molecular formula is C18H17BrN2O4. The lowest BCUT2D eigenvalue weighted by molar-refractivity contribution is -0.121. The number of phenolic OH excluding ortho intramolecular Hbond substituents is 1. The average Bonchev–Trinajstić information content (AvgIpc) is 2.59. The van der Waals surface area contributed by atoms with Crippen molar-refractivity contribution < 1.29 is 19.4 Å². The first kappa shape index (κ1) is 18.5. The lowest BCUT2D eigenvalue weighted by atomic mass is 10.2. The van der Waals surface area contributed by atoms with Gasteiger partial charge in [0.25, 0.3) is 0 Å². The SMILES string of the molecule is COc1cc(/C=C/C(=O)NCC(=O)Nc2cccc(Br)c2)ccc1O. The highest BCUT2D eigenvalue weighted by Crippen LogP contribution is 2.26. The molecule has 3 N–H and O–H groups in total. The molecule has 2 aromatic carbocycles. The maximum Gasteiger partial charge on any atom is 0.244 e. The number of aromatic hydroxyl groups is 1. The molecule has 2 aromatic rings. The third kappa shape index (κ3) is 5.96. The van der Waals surface area contributed by atoms with E-state index in [1.165, 1.54) is 19.3 Å². The third-order valence-electron chi connectivity index (χ3n) is 3.16. The number of phenols is 1. The molecule has 0 unspecified atom stereocenters. The molecule has 25 heavy (non-hydrogen) atoms. The minimum atomic E-state index is -0.406. The Kier molecular flexibility index (Phi) is 6.59. The van der Waals surface area contributed by atoms with Crippen molar-refractivity contribution in [3.05, 3.63) is 58.6 Å². The Morgan fingerprint density at radius 1 is 1.24 bits per heavy atom. The highest BCUT2D eigenvalue weighted by Gasteiger charge is 2.05. The number of halogens is 1. The minimum Gasteiger partial charge on any atom is -0.504 e. The van der Waals surface area contributed by atoms with Crippen LogP contribution in [0.15, 0.2) is 53.0 Å². The molecule has 0 aliphatic heterocycles. The summed E-state index contributed by atoms with van der Waals surface area (Å²) < 4.78 is 5.84. The first-order valence-corrected chi connectivity index (χ1v) is 8.15. The molecule has 0 spiro atoms. The van der Waals surface area contributed by atoms with E-state index in [9.17, 15) is 14.7 Å². The number of carbonyl (C=O) groups is 2. The van der Waals surface area contributed by atoms with Crippen LogP contribution in [0.4, 0.5) is 5.69 Å². The van der Waals surface area contributed by atoms with Crippen LogP contribution in [-0.4, -0.2) is 30.6 Å². The number of benzene rings is 2. The summed E-state index contributed by atoms with van der Waals surface area (Å²) in [5.74, 6) is -0.396. The molecular weight excluding hydrogens is 388 g/mol. The summed E-state index contributed by atoms with van der Waals surface area (Å²) in [6.45, 7) is -0.144. The van der Waals surface area contributed by atoms with E-state index in [1.54, 1.807) is 36.4 Å². The zero-order chi connectivity index (χ0) is 18.2. The summed E-state index contributed by atoms with van der Waals surface area (Å²) in [7, 11) is 1.44. The lowest BCUT2D eigenvalue weighted by Gasteiger charge is -2.06. The Bertz CT molecular complexity index is 805. The normalized spacial score (nSPS) is 10.5. The predicted octanol–water partition coefficient (Wildman–Crippen LogP) is 2.93. The second-order valence-electron chi connectivity index (χ2n) is 5.04. The van der Waals surface area contributed by atoms with Crippen LogP contribution in [0.1, 0.15) is 5.56 Å². The van der Waals surface area contributed by atoms with Gasteiger partial charge in [0.15, 0.2) is 11.5 Å². The van der Waals surface area contributed by atoms with E-state index in [1.807, 2.05) is 6.07 Å². The maximum absolute atomic E-state index is 11.8. The topological polar surface area (TPSA) is 87.7 Å². The van der Waals surface area contributed by atoms with Gasteiger partial charge in [-0.1, -0.05) is 28.1 Å². The second kappa shape index (κ2) is 8.89. The van der Waals surface area contributed by atoms with Gasteiger partial charge in [0, 0.05) is 16.2 Å². The van der Waals surface area contributed by atoms with Gasteiger partial charge in [-0.2, -0.15) is 0 Å². The van der Waals surface area contributed by atoms with E-state index in [0.717, 1.165) is 4.47 Å². The van der Waals surface area contributed by atoms with Crippen molar-refractivity contribution in [1.82, 2.24) is 5.32 Å². The molecule has 130 valence electrons. The monoisotopic (exact) mass is 404 g/mol. The fraction of sp³-hybridized carbons (Fsp3) is 0.111. The van der Waals surface area contributed by atoms with E-state index in [2.05, 4.69) is 26.6 Å². The number of hydrogen-bond donors (Lipinski definition) is 3. The van der Waals surface area contributed by atoms with Gasteiger partial charge >= 0.3 is 0 Å². The standard InChI is InChI=1S/C18H17BrN2O4/c1-25-16-9-12(5-7-15(16)22)6-8-17(23)20-11-18(24)21-14-4-2-3-13(19)10-14/h2-10,22H,11H2,1H3,(H,20,23)(H,21,24)/b8-6+. The fourth-order valence-corrected chi connectivity index (χ4v) is 2.37. The molecule has 0 radical (unpaired) electrons. The van der Waals surface area contributed by atoms with Gasteiger partial charge in [-0.05, 0) is 42.0 Å². The van der Waals surface area contributed by atoms with Crippen LogP contribution in [-0.2, 0) is 9.59 Å². The van der Waals surface area contributed by atoms with Crippen molar-refractivity contribution in [1.29, 1.82) is 0 Å². The Morgan fingerprint density at radius 3 is 2.76 bits per heavy atom. The number of anilines is 1. The third-order valence-corrected chi connectivity index (χ3v) is 3.66. The zero-order valence-electron chi connectivity index (χ0n) is 13.5. The van der Waals surface area contributed by atoms with E-state index in [0.29, 0.717) is 17.0 Å². The van der Waals surface area contributed by atoms with Crippen molar-refractivity contribution >= 4 is 39.5 Å². The molecule has 0 aliphatic carbocycles. The van der Waals surface area contributed by atoms with Gasteiger partial charge in [-0.25, -0.2) is 0 Å². The highest BCUT2D eigenvalue weighted by atomic mass is 79.9. The summed E-state index contributed by atoms with van der Waals surface area (Å²) in [5.41, 5.74) is 1.32. The number of nitrogens with one attached hydrogen (secondary N) is 2. The number of carbonyl (C=O) groups excluding carboxylic acids is 2. The first-order valence-electron chi connectivity index (χ1n) is 7.36. The number of amides is 2. The van der Waals surface area contributed by atoms with Gasteiger partial charge in [-0.15, -0.1) is 0 Å². The molecule has 0 saturated carbocycles. The van der Waals surface area contributed by atoms with Gasteiger partial charge in [0.1, 0.15) is 0 Å². The van der Waals surface area contributed by atoms with Crippen molar-refractivity contribution in [2.45, 2.75) is 0 Å². The largest absolute Gasteiger partial charge is 0.504 e. The summed E-state index contributed by atoms with van der Waals surface area (Å²) in [5, 5.41) is 14.7. The smallest absolute Gasteiger partial charge is 0.244 e. The van der Waals surface area contributed by atoms with Gasteiger partial charge in [0.2, 0.25) is 11.8 Å². The zero-order valence-corrected chi connectivity index (χ0v) is 15.0. The fourth-order valence-electron chi connectivity index (χ4n) is 1.97. The van der Waals surface area contributed by atoms with Crippen LogP contribution in [0.25, 0.3) is 6.08 Å². The van der Waals surface area contributed by atoms with Crippen LogP contribution in [0.5, 0.6) is 11.5 Å². The molecule has 7 heteroatoms. The lowest BCUT2D eigenvalue weighted by Crippen LogP contribution is -2.31. The number of methoxy groups -OCH3 is 1. The predicted molar refractivity (Wildman–Crippen MR) is 99.5 cm³/mol. The van der Waals surface area contributed by atoms with Crippen molar-refractivity contribution in [3.63, 3.8) is 0 Å². The molecule has 2 amide bonds. The van der Waals surface area contributed by atoms with Crippen molar-refractivity contribution in [2.24, 2.45) is 0 Å². The van der Waals surface area contributed by atoms with Gasteiger partial charge in [0.05, 0.1) is 13.7 Å². The molecule has 0 saturated heterocycles. The quantitative estimate of drug-likeness (QED) is 0.645. The van der Waals surface area contributed by atoms with Crippen molar-refractivity contribution in [3.8, 4) is 11.5 Å². The molecule has 0 aliphatic rings. The van der Waals surface area contributed by atoms with Crippen molar-refractivity contribution in [2.75, 3.05) is 19.0 Å². The van der Waals surface area contributed by atoms with Gasteiger partial charge in [-0.3, -0.25) is 9.59 Å². The Hall–Kier alpha value is -2.80. The van der Waals surface area contributed by atoms with E-state index in [-0.39, 0.29) is 18.2 Å². The molecule has 0 heterocycles. The Morgan fingerprint density at radius 2 is 2.04 bits per heavy atom. The summed E-state index contributed by atoms with van der Waals surface area (Å²) >= 11 is 3.32. The molecule has 0 aromatic heterocycles. The number of hydrogen-bond acceptors (Lipinski definition) is 4. The minimum absolute atomic E-state index is 0.0216. The summed E-state index contributed by atoms with van der Waals surface area (Å²) in [6, 6.07) is 11.9.